The summed E-state index contributed by atoms with van der Waals surface area (Å²) in [6.45, 7) is 4.07. The van der Waals surface area contributed by atoms with Crippen LogP contribution in [0.2, 0.25) is 0 Å². The van der Waals surface area contributed by atoms with Gasteiger partial charge in [-0.3, -0.25) is 9.69 Å². The third-order valence-electron chi connectivity index (χ3n) is 4.82. The number of aliphatic hydroxyl groups excluding tert-OH is 1. The molecule has 2 aliphatic rings. The van der Waals surface area contributed by atoms with Crippen molar-refractivity contribution in [2.45, 2.75) is 25.9 Å². The first kappa shape index (κ1) is 14.4. The van der Waals surface area contributed by atoms with Crippen LogP contribution in [-0.2, 0) is 4.79 Å². The minimum Gasteiger partial charge on any atom is -0.398 e. The number of amides is 1. The number of hydrogen-bond donors (Lipinski definition) is 3. The maximum absolute atomic E-state index is 12.1. The summed E-state index contributed by atoms with van der Waals surface area (Å²) < 4.78 is 0. The van der Waals surface area contributed by atoms with E-state index in [4.69, 9.17) is 5.73 Å². The molecule has 1 aromatic carbocycles. The molecule has 5 heteroatoms. The van der Waals surface area contributed by atoms with Gasteiger partial charge in [0, 0.05) is 30.4 Å². The van der Waals surface area contributed by atoms with E-state index in [0.29, 0.717) is 24.1 Å². The summed E-state index contributed by atoms with van der Waals surface area (Å²) in [5, 5.41) is 12.8. The molecule has 5 nitrogen and oxygen atoms in total. The molecular formula is C16H23N3O2. The molecule has 114 valence electrons. The van der Waals surface area contributed by atoms with Gasteiger partial charge in [-0.25, -0.2) is 0 Å². The number of nitrogens with one attached hydrogen (secondary N) is 1. The number of carbonyl (C=O) groups excluding carboxylic acids is 1. The fraction of sp³-hybridized carbons (Fsp3) is 0.562. The molecule has 3 unspecified atom stereocenters. The number of nitrogens with two attached hydrogens (primary N) is 1. The zero-order valence-electron chi connectivity index (χ0n) is 12.4. The van der Waals surface area contributed by atoms with Crippen LogP contribution in [0, 0.1) is 18.8 Å². The smallest absolute Gasteiger partial charge is 0.238 e. The average molecular weight is 289 g/mol. The Hall–Kier alpha value is -1.59. The van der Waals surface area contributed by atoms with E-state index >= 15 is 0 Å². The second-order valence-electron chi connectivity index (χ2n) is 6.38. The van der Waals surface area contributed by atoms with Crippen molar-refractivity contribution in [2.75, 3.05) is 30.7 Å². The van der Waals surface area contributed by atoms with Gasteiger partial charge >= 0.3 is 0 Å². The lowest BCUT2D eigenvalue weighted by atomic mass is 10.00. The summed E-state index contributed by atoms with van der Waals surface area (Å²) in [5.41, 5.74) is 8.28. The number of anilines is 2. The number of benzene rings is 1. The molecule has 21 heavy (non-hydrogen) atoms. The molecule has 3 rings (SSSR count). The molecule has 1 saturated heterocycles. The normalized spacial score (nSPS) is 28.6. The third kappa shape index (κ3) is 3.04. The van der Waals surface area contributed by atoms with Crippen molar-refractivity contribution in [3.8, 4) is 0 Å². The lowest BCUT2D eigenvalue weighted by Crippen LogP contribution is -2.33. The lowest BCUT2D eigenvalue weighted by molar-refractivity contribution is -0.117. The zero-order chi connectivity index (χ0) is 15.0. The molecule has 0 radical (unpaired) electrons. The first-order valence-electron chi connectivity index (χ1n) is 7.59. The summed E-state index contributed by atoms with van der Waals surface area (Å²) >= 11 is 0. The van der Waals surface area contributed by atoms with E-state index in [0.717, 1.165) is 37.2 Å². The second kappa shape index (κ2) is 5.66. The Morgan fingerprint density at radius 2 is 2.24 bits per heavy atom. The number of fused-ring (bicyclic) bond motifs is 1. The zero-order valence-corrected chi connectivity index (χ0v) is 12.4. The van der Waals surface area contributed by atoms with Gasteiger partial charge in [-0.05, 0) is 43.4 Å². The first-order chi connectivity index (χ1) is 10.0. The van der Waals surface area contributed by atoms with E-state index in [-0.39, 0.29) is 12.0 Å². The van der Waals surface area contributed by atoms with Crippen molar-refractivity contribution in [2.24, 2.45) is 11.8 Å². The number of nitrogens with zero attached hydrogens (tertiary/aromatic N) is 1. The van der Waals surface area contributed by atoms with Gasteiger partial charge in [0.1, 0.15) is 0 Å². The number of hydrogen-bond acceptors (Lipinski definition) is 4. The Bertz CT molecular complexity index is 546. The maximum atomic E-state index is 12.1. The van der Waals surface area contributed by atoms with Crippen molar-refractivity contribution in [1.82, 2.24) is 4.90 Å². The Balaban J connectivity index is 1.54. The van der Waals surface area contributed by atoms with Crippen molar-refractivity contribution < 1.29 is 9.90 Å². The van der Waals surface area contributed by atoms with Crippen LogP contribution < -0.4 is 11.1 Å². The van der Waals surface area contributed by atoms with Crippen molar-refractivity contribution in [3.05, 3.63) is 23.8 Å². The number of aryl methyl sites for hydroxylation is 1. The summed E-state index contributed by atoms with van der Waals surface area (Å²) in [7, 11) is 0. The van der Waals surface area contributed by atoms with Gasteiger partial charge in [0.25, 0.3) is 0 Å². The Morgan fingerprint density at radius 1 is 1.43 bits per heavy atom. The van der Waals surface area contributed by atoms with Crippen LogP contribution in [0.3, 0.4) is 0 Å². The Morgan fingerprint density at radius 3 is 2.95 bits per heavy atom. The van der Waals surface area contributed by atoms with Crippen LogP contribution in [-0.4, -0.2) is 41.7 Å². The van der Waals surface area contributed by atoms with E-state index in [2.05, 4.69) is 10.2 Å². The van der Waals surface area contributed by atoms with Gasteiger partial charge in [0.15, 0.2) is 0 Å². The van der Waals surface area contributed by atoms with Crippen molar-refractivity contribution >= 4 is 17.3 Å². The van der Waals surface area contributed by atoms with E-state index in [1.165, 1.54) is 0 Å². The predicted molar refractivity (Wildman–Crippen MR) is 82.9 cm³/mol. The molecule has 2 fully saturated rings. The number of rotatable bonds is 3. The molecule has 1 heterocycles. The molecule has 0 aromatic heterocycles. The molecule has 1 saturated carbocycles. The molecule has 0 bridgehead atoms. The molecule has 0 spiro atoms. The maximum Gasteiger partial charge on any atom is 0.238 e. The summed E-state index contributed by atoms with van der Waals surface area (Å²) in [4.78, 5) is 14.3. The minimum atomic E-state index is -0.181. The van der Waals surface area contributed by atoms with Crippen LogP contribution in [0.5, 0.6) is 0 Å². The van der Waals surface area contributed by atoms with Gasteiger partial charge in [-0.1, -0.05) is 6.07 Å². The summed E-state index contributed by atoms with van der Waals surface area (Å²) in [6.07, 6.45) is 1.82. The highest BCUT2D eigenvalue weighted by Crippen LogP contribution is 2.37. The van der Waals surface area contributed by atoms with Crippen molar-refractivity contribution in [1.29, 1.82) is 0 Å². The highest BCUT2D eigenvalue weighted by Gasteiger charge is 2.41. The molecule has 4 N–H and O–H groups in total. The fourth-order valence-electron chi connectivity index (χ4n) is 3.58. The van der Waals surface area contributed by atoms with Crippen LogP contribution in [0.15, 0.2) is 18.2 Å². The first-order valence-corrected chi connectivity index (χ1v) is 7.59. The van der Waals surface area contributed by atoms with Gasteiger partial charge in [0.2, 0.25) is 5.91 Å². The Kier molecular flexibility index (Phi) is 3.87. The van der Waals surface area contributed by atoms with Crippen LogP contribution in [0.1, 0.15) is 18.4 Å². The number of carbonyl (C=O) groups is 1. The molecule has 1 aliphatic carbocycles. The highest BCUT2D eigenvalue weighted by atomic mass is 16.3. The second-order valence-corrected chi connectivity index (χ2v) is 6.38. The summed E-state index contributed by atoms with van der Waals surface area (Å²) in [5.74, 6) is 0.892. The minimum absolute atomic E-state index is 0.0206. The van der Waals surface area contributed by atoms with Crippen LogP contribution >= 0.6 is 0 Å². The van der Waals surface area contributed by atoms with Crippen molar-refractivity contribution in [3.63, 3.8) is 0 Å². The van der Waals surface area contributed by atoms with Crippen LogP contribution in [0.25, 0.3) is 0 Å². The number of likely N-dealkylation sites (tertiary alicyclic amines) is 1. The molecular weight excluding hydrogens is 266 g/mol. The molecule has 1 aliphatic heterocycles. The fourth-order valence-corrected chi connectivity index (χ4v) is 3.58. The van der Waals surface area contributed by atoms with Gasteiger partial charge in [-0.2, -0.15) is 0 Å². The Labute approximate surface area is 125 Å². The monoisotopic (exact) mass is 289 g/mol. The van der Waals surface area contributed by atoms with E-state index < -0.39 is 0 Å². The molecule has 3 atom stereocenters. The van der Waals surface area contributed by atoms with Gasteiger partial charge < -0.3 is 16.2 Å². The number of aliphatic hydroxyl groups is 1. The van der Waals surface area contributed by atoms with E-state index in [1.807, 2.05) is 19.1 Å². The van der Waals surface area contributed by atoms with Gasteiger partial charge in [0.05, 0.1) is 12.6 Å². The average Bonchev–Trinajstić information content (AvgIpc) is 2.96. The lowest BCUT2D eigenvalue weighted by Gasteiger charge is -2.17. The number of nitrogen functional groups attached to an aromatic ring is 1. The largest absolute Gasteiger partial charge is 0.398 e. The SMILES string of the molecule is Cc1ccc(NC(=O)CN2CC3CCC(O)C3C2)cc1N. The quantitative estimate of drug-likeness (QED) is 0.731. The summed E-state index contributed by atoms with van der Waals surface area (Å²) in [6, 6.07) is 5.56. The third-order valence-corrected chi connectivity index (χ3v) is 4.82. The topological polar surface area (TPSA) is 78.6 Å². The van der Waals surface area contributed by atoms with Crippen LogP contribution in [0.4, 0.5) is 11.4 Å². The van der Waals surface area contributed by atoms with E-state index in [1.54, 1.807) is 6.07 Å². The molecule has 1 aromatic rings. The predicted octanol–water partition coefficient (Wildman–Crippen LogP) is 1.22. The van der Waals surface area contributed by atoms with E-state index in [9.17, 15) is 9.90 Å². The van der Waals surface area contributed by atoms with Gasteiger partial charge in [-0.15, -0.1) is 0 Å². The standard InChI is InChI=1S/C16H23N3O2/c1-10-2-4-12(6-14(10)17)18-16(21)9-19-7-11-3-5-15(20)13(11)8-19/h2,4,6,11,13,15,20H,3,5,7-9,17H2,1H3,(H,18,21). The molecule has 1 amide bonds. The highest BCUT2D eigenvalue weighted by molar-refractivity contribution is 5.92.